The minimum atomic E-state index is -0.724. The maximum absolute atomic E-state index is 12.2. The predicted molar refractivity (Wildman–Crippen MR) is 96.7 cm³/mol. The normalized spacial score (nSPS) is 11.7. The van der Waals surface area contributed by atoms with Gasteiger partial charge >= 0.3 is 0 Å². The van der Waals surface area contributed by atoms with Gasteiger partial charge in [-0.15, -0.1) is 0 Å². The van der Waals surface area contributed by atoms with Gasteiger partial charge in [0.2, 0.25) is 5.91 Å². The zero-order valence-corrected chi connectivity index (χ0v) is 15.3. The van der Waals surface area contributed by atoms with Crippen molar-refractivity contribution in [1.82, 2.24) is 15.2 Å². The molecule has 0 aliphatic carbocycles. The lowest BCUT2D eigenvalue weighted by atomic mass is 10.0. The second-order valence-corrected chi connectivity index (χ2v) is 6.42. The number of aromatic hydroxyl groups is 1. The highest BCUT2D eigenvalue weighted by atomic mass is 35.5. The summed E-state index contributed by atoms with van der Waals surface area (Å²) in [4.78, 5) is 29.5. The number of carbonyl (C=O) groups excluding carboxylic acids is 2. The Morgan fingerprint density at radius 3 is 2.56 bits per heavy atom. The van der Waals surface area contributed by atoms with Crippen molar-refractivity contribution < 1.29 is 14.7 Å². The Morgan fingerprint density at radius 2 is 1.96 bits per heavy atom. The van der Waals surface area contributed by atoms with Gasteiger partial charge < -0.3 is 15.3 Å². The molecule has 0 saturated carbocycles. The number of carbonyl (C=O) groups is 2. The second-order valence-electron chi connectivity index (χ2n) is 5.98. The van der Waals surface area contributed by atoms with Gasteiger partial charge in [0.15, 0.2) is 5.69 Å². The summed E-state index contributed by atoms with van der Waals surface area (Å²) in [6, 6.07) is 6.14. The van der Waals surface area contributed by atoms with Gasteiger partial charge in [0.05, 0.1) is 0 Å². The third kappa shape index (κ3) is 4.28. The molecule has 0 spiro atoms. The molecule has 0 fully saturated rings. The maximum Gasteiger partial charge on any atom is 0.274 e. The fourth-order valence-electron chi connectivity index (χ4n) is 2.39. The summed E-state index contributed by atoms with van der Waals surface area (Å²) in [7, 11) is 3.20. The zero-order chi connectivity index (χ0) is 18.7. The highest BCUT2D eigenvalue weighted by molar-refractivity contribution is 6.30. The lowest BCUT2D eigenvalue weighted by Crippen LogP contribution is -2.44. The first-order valence-electron chi connectivity index (χ1n) is 7.68. The largest absolute Gasteiger partial charge is 0.505 e. The third-order valence-electron chi connectivity index (χ3n) is 3.75. The van der Waals surface area contributed by atoms with Crippen molar-refractivity contribution >= 4 is 23.4 Å². The number of likely N-dealkylation sites (N-methyl/N-ethyl adjacent to an activating group) is 1. The van der Waals surface area contributed by atoms with Gasteiger partial charge in [-0.2, -0.15) is 0 Å². The lowest BCUT2D eigenvalue weighted by Gasteiger charge is -2.18. The standard InChI is InChI=1S/C18H20ClN3O3/c1-10-5-6-13(19)8-14(10)12-7-15(23)16(20-9-12)17(24)21-11(2)18(25)22(3)4/h5-9,11,23H,1-4H3,(H,21,24). The van der Waals surface area contributed by atoms with E-state index in [0.717, 1.165) is 11.1 Å². The van der Waals surface area contributed by atoms with E-state index < -0.39 is 11.9 Å². The van der Waals surface area contributed by atoms with Gasteiger partial charge in [0, 0.05) is 30.9 Å². The molecule has 1 heterocycles. The van der Waals surface area contributed by atoms with Crippen LogP contribution in [0, 0.1) is 6.92 Å². The molecular formula is C18H20ClN3O3. The second kappa shape index (κ2) is 7.53. The monoisotopic (exact) mass is 361 g/mol. The van der Waals surface area contributed by atoms with Crippen LogP contribution < -0.4 is 5.32 Å². The number of hydrogen-bond donors (Lipinski definition) is 2. The quantitative estimate of drug-likeness (QED) is 0.877. The van der Waals surface area contributed by atoms with Crippen LogP contribution in [0.3, 0.4) is 0 Å². The molecule has 7 heteroatoms. The van der Waals surface area contributed by atoms with E-state index in [0.29, 0.717) is 10.6 Å². The van der Waals surface area contributed by atoms with E-state index in [-0.39, 0.29) is 17.4 Å². The number of pyridine rings is 1. The molecule has 132 valence electrons. The Kier molecular flexibility index (Phi) is 5.64. The summed E-state index contributed by atoms with van der Waals surface area (Å²) < 4.78 is 0. The molecule has 2 aromatic rings. The summed E-state index contributed by atoms with van der Waals surface area (Å²) >= 11 is 6.02. The maximum atomic E-state index is 12.2. The molecule has 1 aromatic heterocycles. The number of halogens is 1. The van der Waals surface area contributed by atoms with Crippen molar-refractivity contribution in [2.24, 2.45) is 0 Å². The summed E-state index contributed by atoms with van der Waals surface area (Å²) in [5.74, 6) is -1.13. The van der Waals surface area contributed by atoms with Crippen LogP contribution in [0.1, 0.15) is 23.0 Å². The molecule has 0 aliphatic rings. The minimum absolute atomic E-state index is 0.137. The molecule has 1 aromatic carbocycles. The Bertz CT molecular complexity index is 821. The molecule has 1 unspecified atom stereocenters. The van der Waals surface area contributed by atoms with Gasteiger partial charge in [-0.3, -0.25) is 9.59 Å². The van der Waals surface area contributed by atoms with Crippen molar-refractivity contribution in [1.29, 1.82) is 0 Å². The van der Waals surface area contributed by atoms with E-state index >= 15 is 0 Å². The molecule has 2 amide bonds. The van der Waals surface area contributed by atoms with Crippen LogP contribution in [0.4, 0.5) is 0 Å². The van der Waals surface area contributed by atoms with Crippen LogP contribution in [0.2, 0.25) is 5.02 Å². The summed E-state index contributed by atoms with van der Waals surface area (Å²) in [6.07, 6.45) is 1.49. The highest BCUT2D eigenvalue weighted by Gasteiger charge is 2.21. The molecule has 0 bridgehead atoms. The molecule has 0 saturated heterocycles. The SMILES string of the molecule is Cc1ccc(Cl)cc1-c1cnc(C(=O)NC(C)C(=O)N(C)C)c(O)c1. The average molecular weight is 362 g/mol. The van der Waals surface area contributed by atoms with Crippen LogP contribution in [-0.2, 0) is 4.79 Å². The number of amides is 2. The van der Waals surface area contributed by atoms with E-state index in [2.05, 4.69) is 10.3 Å². The Morgan fingerprint density at radius 1 is 1.28 bits per heavy atom. The molecule has 2 rings (SSSR count). The molecule has 0 aliphatic heterocycles. The number of hydrogen-bond acceptors (Lipinski definition) is 4. The number of nitrogens with zero attached hydrogens (tertiary/aromatic N) is 2. The Balaban J connectivity index is 2.26. The van der Waals surface area contributed by atoms with E-state index in [1.54, 1.807) is 33.2 Å². The van der Waals surface area contributed by atoms with Crippen molar-refractivity contribution in [3.63, 3.8) is 0 Å². The molecule has 1 atom stereocenters. The molecule has 0 radical (unpaired) electrons. The van der Waals surface area contributed by atoms with Crippen LogP contribution in [0.25, 0.3) is 11.1 Å². The van der Waals surface area contributed by atoms with E-state index in [1.807, 2.05) is 13.0 Å². The molecule has 2 N–H and O–H groups in total. The topological polar surface area (TPSA) is 82.5 Å². The van der Waals surface area contributed by atoms with Gasteiger partial charge in [-0.1, -0.05) is 17.7 Å². The average Bonchev–Trinajstić information content (AvgIpc) is 2.55. The number of benzene rings is 1. The third-order valence-corrected chi connectivity index (χ3v) is 3.99. The minimum Gasteiger partial charge on any atom is -0.505 e. The van der Waals surface area contributed by atoms with Gasteiger partial charge in [-0.25, -0.2) is 4.98 Å². The zero-order valence-electron chi connectivity index (χ0n) is 14.5. The van der Waals surface area contributed by atoms with Gasteiger partial charge in [0.25, 0.3) is 5.91 Å². The lowest BCUT2D eigenvalue weighted by molar-refractivity contribution is -0.130. The van der Waals surface area contributed by atoms with Crippen molar-refractivity contribution in [2.75, 3.05) is 14.1 Å². The van der Waals surface area contributed by atoms with Crippen LogP contribution in [0.15, 0.2) is 30.5 Å². The Hall–Kier alpha value is -2.60. The molecule has 6 nitrogen and oxygen atoms in total. The first kappa shape index (κ1) is 18.7. The van der Waals surface area contributed by atoms with Crippen LogP contribution in [0.5, 0.6) is 5.75 Å². The first-order chi connectivity index (χ1) is 11.7. The van der Waals surface area contributed by atoms with E-state index in [1.165, 1.54) is 17.2 Å². The van der Waals surface area contributed by atoms with Gasteiger partial charge in [-0.05, 0) is 43.2 Å². The number of rotatable bonds is 4. The number of nitrogens with one attached hydrogen (secondary N) is 1. The number of aryl methyl sites for hydroxylation is 1. The van der Waals surface area contributed by atoms with E-state index in [9.17, 15) is 14.7 Å². The predicted octanol–water partition coefficient (Wildman–Crippen LogP) is 2.62. The first-order valence-corrected chi connectivity index (χ1v) is 8.06. The highest BCUT2D eigenvalue weighted by Crippen LogP contribution is 2.29. The molecule has 25 heavy (non-hydrogen) atoms. The molecular weight excluding hydrogens is 342 g/mol. The van der Waals surface area contributed by atoms with Gasteiger partial charge in [0.1, 0.15) is 11.8 Å². The van der Waals surface area contributed by atoms with Crippen molar-refractivity contribution in [3.8, 4) is 16.9 Å². The van der Waals surface area contributed by atoms with Crippen molar-refractivity contribution in [2.45, 2.75) is 19.9 Å². The summed E-state index contributed by atoms with van der Waals surface area (Å²) in [5.41, 5.74) is 2.29. The summed E-state index contributed by atoms with van der Waals surface area (Å²) in [5, 5.41) is 13.3. The van der Waals surface area contributed by atoms with Crippen molar-refractivity contribution in [3.05, 3.63) is 46.7 Å². The fourth-order valence-corrected chi connectivity index (χ4v) is 2.57. The van der Waals surface area contributed by atoms with Crippen LogP contribution >= 0.6 is 11.6 Å². The summed E-state index contributed by atoms with van der Waals surface area (Å²) in [6.45, 7) is 3.48. The Labute approximate surface area is 151 Å². The fraction of sp³-hybridized carbons (Fsp3) is 0.278. The number of aromatic nitrogens is 1. The van der Waals surface area contributed by atoms with E-state index in [4.69, 9.17) is 11.6 Å². The van der Waals surface area contributed by atoms with Crippen LogP contribution in [-0.4, -0.2) is 46.9 Å². The smallest absolute Gasteiger partial charge is 0.274 e.